The fraction of sp³-hybridized carbons (Fsp3) is 0.450. The van der Waals surface area contributed by atoms with Crippen LogP contribution in [0.2, 0.25) is 0 Å². The highest BCUT2D eigenvalue weighted by atomic mass is 19.4. The van der Waals surface area contributed by atoms with Gasteiger partial charge in [-0.1, -0.05) is 0 Å². The smallest absolute Gasteiger partial charge is 0.410 e. The highest BCUT2D eigenvalue weighted by Gasteiger charge is 2.47. The maximum Gasteiger partial charge on any atom is 0.410 e. The monoisotopic (exact) mass is 436 g/mol. The Bertz CT molecular complexity index is 1100. The number of hydrogen-bond acceptors (Lipinski definition) is 5. The van der Waals surface area contributed by atoms with E-state index >= 15 is 0 Å². The molecule has 1 aliphatic rings. The molecule has 2 unspecified atom stereocenters. The molecule has 0 saturated carbocycles. The van der Waals surface area contributed by atoms with Crippen LogP contribution in [-0.2, 0) is 13.6 Å². The van der Waals surface area contributed by atoms with Gasteiger partial charge in [0.05, 0.1) is 18.0 Å². The van der Waals surface area contributed by atoms with E-state index in [0.29, 0.717) is 5.76 Å². The number of furan rings is 1. The Morgan fingerprint density at radius 3 is 2.68 bits per heavy atom. The number of nitrogens with one attached hydrogen (secondary N) is 1. The van der Waals surface area contributed by atoms with E-state index in [2.05, 4.69) is 15.5 Å². The Morgan fingerprint density at radius 2 is 2.10 bits per heavy atom. The van der Waals surface area contributed by atoms with Crippen molar-refractivity contribution in [2.45, 2.75) is 45.1 Å². The van der Waals surface area contributed by atoms with Gasteiger partial charge in [0.25, 0.3) is 5.91 Å². The van der Waals surface area contributed by atoms with Crippen LogP contribution in [0.4, 0.5) is 19.0 Å². The Kier molecular flexibility index (Phi) is 5.06. The Morgan fingerprint density at radius 1 is 1.35 bits per heavy atom. The van der Waals surface area contributed by atoms with Crippen LogP contribution in [0.1, 0.15) is 51.7 Å². The van der Waals surface area contributed by atoms with Crippen LogP contribution in [0.25, 0.3) is 0 Å². The van der Waals surface area contributed by atoms with Crippen molar-refractivity contribution >= 4 is 11.7 Å². The topological polar surface area (TPSA) is 81.1 Å². The first-order valence-electron chi connectivity index (χ1n) is 9.77. The van der Waals surface area contributed by atoms with Crippen molar-refractivity contribution in [3.05, 3.63) is 52.9 Å². The molecule has 4 heterocycles. The predicted octanol–water partition coefficient (Wildman–Crippen LogP) is 3.76. The number of carbonyl (C=O) groups is 1. The molecule has 3 aromatic rings. The second-order valence-corrected chi connectivity index (χ2v) is 7.80. The molecule has 8 nitrogen and oxygen atoms in total. The number of aromatic nitrogens is 4. The molecule has 0 spiro atoms. The number of amides is 1. The van der Waals surface area contributed by atoms with Crippen LogP contribution in [0, 0.1) is 13.8 Å². The molecule has 0 bridgehead atoms. The highest BCUT2D eigenvalue weighted by Crippen LogP contribution is 2.43. The van der Waals surface area contributed by atoms with Gasteiger partial charge in [-0.05, 0) is 26.0 Å². The van der Waals surface area contributed by atoms with E-state index in [1.807, 2.05) is 20.9 Å². The quantitative estimate of drug-likeness (QED) is 0.674. The lowest BCUT2D eigenvalue weighted by Gasteiger charge is -2.32. The van der Waals surface area contributed by atoms with Crippen LogP contribution in [-0.4, -0.2) is 43.6 Å². The van der Waals surface area contributed by atoms with E-state index < -0.39 is 24.2 Å². The zero-order valence-corrected chi connectivity index (χ0v) is 17.6. The van der Waals surface area contributed by atoms with Crippen LogP contribution in [0.15, 0.2) is 28.9 Å². The number of halogens is 3. The van der Waals surface area contributed by atoms with E-state index in [1.54, 1.807) is 23.9 Å². The molecule has 31 heavy (non-hydrogen) atoms. The summed E-state index contributed by atoms with van der Waals surface area (Å²) in [5, 5.41) is 11.4. The van der Waals surface area contributed by atoms with Crippen molar-refractivity contribution in [1.82, 2.24) is 24.5 Å². The van der Waals surface area contributed by atoms with Crippen molar-refractivity contribution in [3.63, 3.8) is 0 Å². The molecule has 0 aliphatic carbocycles. The summed E-state index contributed by atoms with van der Waals surface area (Å²) in [5.41, 5.74) is 2.55. The molecule has 0 radical (unpaired) electrons. The summed E-state index contributed by atoms with van der Waals surface area (Å²) in [7, 11) is 3.41. The Hall–Kier alpha value is -3.24. The minimum atomic E-state index is -4.52. The van der Waals surface area contributed by atoms with Crippen LogP contribution in [0.5, 0.6) is 0 Å². The average molecular weight is 436 g/mol. The van der Waals surface area contributed by atoms with Crippen LogP contribution in [0.3, 0.4) is 0 Å². The molecular formula is C20H23F3N6O2. The van der Waals surface area contributed by atoms with Gasteiger partial charge in [-0.3, -0.25) is 9.48 Å². The standard InChI is InChI=1S/C20H23F3N6O2/c1-11-13(12(2)28(4)25-11)10-27(3)19(30)15-9-18-24-14(16-6-5-7-31-16)8-17(20(21,22)23)29(18)26-15/h5-7,9,14,17,24H,8,10H2,1-4H3. The molecule has 0 saturated heterocycles. The van der Waals surface area contributed by atoms with E-state index in [9.17, 15) is 18.0 Å². The molecule has 1 N–H and O–H groups in total. The number of alkyl halides is 3. The molecule has 3 aromatic heterocycles. The number of anilines is 1. The molecule has 0 aromatic carbocycles. The first-order chi connectivity index (χ1) is 14.6. The second kappa shape index (κ2) is 7.47. The number of nitrogens with zero attached hydrogens (tertiary/aromatic N) is 5. The second-order valence-electron chi connectivity index (χ2n) is 7.80. The summed E-state index contributed by atoms with van der Waals surface area (Å²) in [5.74, 6) is 0.0523. The lowest BCUT2D eigenvalue weighted by molar-refractivity contribution is -0.174. The molecule has 1 amide bonds. The maximum absolute atomic E-state index is 13.8. The van der Waals surface area contributed by atoms with Crippen molar-refractivity contribution in [3.8, 4) is 0 Å². The highest BCUT2D eigenvalue weighted by molar-refractivity contribution is 5.93. The van der Waals surface area contributed by atoms with Crippen LogP contribution < -0.4 is 5.32 Å². The number of fused-ring (bicyclic) bond motifs is 1. The lowest BCUT2D eigenvalue weighted by Crippen LogP contribution is -2.35. The van der Waals surface area contributed by atoms with Gasteiger partial charge in [0, 0.05) is 44.4 Å². The SMILES string of the molecule is Cc1nn(C)c(C)c1CN(C)C(=O)c1cc2n(n1)C(C(F)(F)F)CC(c1ccco1)N2. The minimum Gasteiger partial charge on any atom is -0.467 e. The fourth-order valence-electron chi connectivity index (χ4n) is 3.90. The van der Waals surface area contributed by atoms with Crippen molar-refractivity contribution in [2.24, 2.45) is 7.05 Å². The third-order valence-electron chi connectivity index (χ3n) is 5.70. The average Bonchev–Trinajstić information content (AvgIpc) is 3.42. The third kappa shape index (κ3) is 3.79. The van der Waals surface area contributed by atoms with E-state index in [4.69, 9.17) is 4.42 Å². The summed E-state index contributed by atoms with van der Waals surface area (Å²) >= 11 is 0. The number of rotatable bonds is 4. The van der Waals surface area contributed by atoms with Gasteiger partial charge < -0.3 is 14.6 Å². The van der Waals surface area contributed by atoms with E-state index in [-0.39, 0.29) is 24.5 Å². The fourth-order valence-corrected chi connectivity index (χ4v) is 3.90. The molecule has 2 atom stereocenters. The van der Waals surface area contributed by atoms with Gasteiger partial charge in [-0.2, -0.15) is 23.4 Å². The lowest BCUT2D eigenvalue weighted by atomic mass is 10.0. The zero-order valence-electron chi connectivity index (χ0n) is 17.6. The zero-order chi connectivity index (χ0) is 22.5. The number of hydrogen-bond donors (Lipinski definition) is 1. The molecule has 4 rings (SSSR count). The summed E-state index contributed by atoms with van der Waals surface area (Å²) in [6, 6.07) is 2.06. The van der Waals surface area contributed by atoms with Gasteiger partial charge in [0.2, 0.25) is 0 Å². The molecule has 166 valence electrons. The van der Waals surface area contributed by atoms with Crippen molar-refractivity contribution in [2.75, 3.05) is 12.4 Å². The third-order valence-corrected chi connectivity index (χ3v) is 5.70. The van der Waals surface area contributed by atoms with Gasteiger partial charge >= 0.3 is 6.18 Å². The normalized spacial score (nSPS) is 18.5. The van der Waals surface area contributed by atoms with Gasteiger partial charge in [0.15, 0.2) is 11.7 Å². The van der Waals surface area contributed by atoms with E-state index in [0.717, 1.165) is 21.6 Å². The van der Waals surface area contributed by atoms with Gasteiger partial charge in [0.1, 0.15) is 11.6 Å². The number of aryl methyl sites for hydroxylation is 2. The van der Waals surface area contributed by atoms with Crippen molar-refractivity contribution in [1.29, 1.82) is 0 Å². The Labute approximate surface area is 176 Å². The van der Waals surface area contributed by atoms with Crippen LogP contribution >= 0.6 is 0 Å². The molecule has 1 aliphatic heterocycles. The first-order valence-corrected chi connectivity index (χ1v) is 9.77. The molecule has 11 heteroatoms. The van der Waals surface area contributed by atoms with Gasteiger partial charge in [-0.15, -0.1) is 0 Å². The summed E-state index contributed by atoms with van der Waals surface area (Å²) in [6.07, 6.45) is -3.40. The van der Waals surface area contributed by atoms with E-state index in [1.165, 1.54) is 17.2 Å². The summed E-state index contributed by atoms with van der Waals surface area (Å²) in [4.78, 5) is 14.4. The number of carbonyl (C=O) groups excluding carboxylic acids is 1. The molecule has 0 fully saturated rings. The first kappa shape index (κ1) is 21.0. The van der Waals surface area contributed by atoms with Gasteiger partial charge in [-0.25, -0.2) is 4.68 Å². The maximum atomic E-state index is 13.8. The Balaban J connectivity index is 1.62. The molecular weight excluding hydrogens is 413 g/mol. The van der Waals surface area contributed by atoms with Crippen molar-refractivity contribution < 1.29 is 22.4 Å². The summed E-state index contributed by atoms with van der Waals surface area (Å²) in [6.45, 7) is 4.02. The largest absolute Gasteiger partial charge is 0.467 e. The minimum absolute atomic E-state index is 0.0569. The summed E-state index contributed by atoms with van der Waals surface area (Å²) < 4.78 is 49.1. The predicted molar refractivity (Wildman–Crippen MR) is 105 cm³/mol.